The second kappa shape index (κ2) is 6.68. The first kappa shape index (κ1) is 17.4. The van der Waals surface area contributed by atoms with Crippen LogP contribution >= 0.6 is 0 Å². The maximum Gasteiger partial charge on any atom is 0.338 e. The van der Waals surface area contributed by atoms with Gasteiger partial charge in [0.25, 0.3) is 5.91 Å². The zero-order valence-electron chi connectivity index (χ0n) is 13.9. The van der Waals surface area contributed by atoms with E-state index in [-0.39, 0.29) is 6.61 Å². The maximum absolute atomic E-state index is 12.6. The van der Waals surface area contributed by atoms with Crippen molar-refractivity contribution in [3.8, 4) is 0 Å². The summed E-state index contributed by atoms with van der Waals surface area (Å²) in [7, 11) is 0. The molecule has 1 fully saturated rings. The predicted octanol–water partition coefficient (Wildman–Crippen LogP) is 1.43. The highest BCUT2D eigenvalue weighted by atomic mass is 16.6. The van der Waals surface area contributed by atoms with Crippen molar-refractivity contribution < 1.29 is 24.2 Å². The Hall–Kier alpha value is -1.92. The van der Waals surface area contributed by atoms with Crippen LogP contribution in [0.25, 0.3) is 0 Å². The number of benzene rings is 1. The number of carbonyl (C=O) groups excluding carboxylic acids is 2. The van der Waals surface area contributed by atoms with Crippen LogP contribution in [0.2, 0.25) is 0 Å². The molecule has 0 radical (unpaired) electrons. The number of carbonyl (C=O) groups is 2. The molecule has 6 heteroatoms. The fourth-order valence-corrected chi connectivity index (χ4v) is 2.30. The van der Waals surface area contributed by atoms with Crippen LogP contribution in [-0.4, -0.2) is 47.9 Å². The summed E-state index contributed by atoms with van der Waals surface area (Å²) in [6.45, 7) is 7.66. The molecule has 126 valence electrons. The van der Waals surface area contributed by atoms with Crippen LogP contribution in [0, 0.1) is 6.92 Å². The van der Waals surface area contributed by atoms with Gasteiger partial charge in [0.15, 0.2) is 12.2 Å². The fraction of sp³-hybridized carbons (Fsp3) is 0.529. The molecule has 1 aromatic carbocycles. The lowest BCUT2D eigenvalue weighted by atomic mass is 10.1. The average molecular weight is 321 g/mol. The minimum absolute atomic E-state index is 0.240. The topological polar surface area (TPSA) is 76.1 Å². The lowest BCUT2D eigenvalue weighted by Crippen LogP contribution is -2.55. The minimum Gasteiger partial charge on any atom is -0.458 e. The molecule has 1 saturated heterocycles. The molecule has 1 aliphatic heterocycles. The molecular weight excluding hydrogens is 298 g/mol. The Labute approximate surface area is 136 Å². The summed E-state index contributed by atoms with van der Waals surface area (Å²) in [6.07, 6.45) is -2.89. The summed E-state index contributed by atoms with van der Waals surface area (Å²) in [6, 6.07) is 7.46. The van der Waals surface area contributed by atoms with Gasteiger partial charge in [0.05, 0.1) is 6.61 Å². The number of esters is 1. The molecule has 2 atom stereocenters. The quantitative estimate of drug-likeness (QED) is 0.852. The van der Waals surface area contributed by atoms with E-state index in [1.165, 1.54) is 4.90 Å². The first-order valence-corrected chi connectivity index (χ1v) is 7.59. The molecule has 0 spiro atoms. The van der Waals surface area contributed by atoms with E-state index in [4.69, 9.17) is 9.47 Å². The third kappa shape index (κ3) is 4.30. The van der Waals surface area contributed by atoms with Gasteiger partial charge in [-0.25, -0.2) is 4.79 Å². The van der Waals surface area contributed by atoms with Gasteiger partial charge in [-0.2, -0.15) is 0 Å². The first-order valence-electron chi connectivity index (χ1n) is 7.59. The molecular formula is C17H23NO5. The number of ether oxygens (including phenoxy) is 2. The van der Waals surface area contributed by atoms with E-state index in [0.717, 1.165) is 5.56 Å². The number of rotatable bonds is 3. The van der Waals surface area contributed by atoms with Crippen LogP contribution in [0.3, 0.4) is 0 Å². The Morgan fingerprint density at radius 2 is 1.96 bits per heavy atom. The van der Waals surface area contributed by atoms with Crippen LogP contribution in [0.1, 0.15) is 26.3 Å². The molecule has 0 aliphatic carbocycles. The van der Waals surface area contributed by atoms with E-state index in [1.54, 1.807) is 20.8 Å². The number of aliphatic hydroxyl groups is 1. The molecule has 1 heterocycles. The van der Waals surface area contributed by atoms with Crippen molar-refractivity contribution in [2.75, 3.05) is 18.1 Å². The van der Waals surface area contributed by atoms with Gasteiger partial charge >= 0.3 is 5.97 Å². The van der Waals surface area contributed by atoms with Crippen molar-refractivity contribution in [2.24, 2.45) is 0 Å². The summed E-state index contributed by atoms with van der Waals surface area (Å²) in [5.41, 5.74) is 1.05. The normalized spacial score (nSPS) is 20.3. The van der Waals surface area contributed by atoms with Crippen LogP contribution in [0.15, 0.2) is 24.3 Å². The maximum atomic E-state index is 12.6. The average Bonchev–Trinajstić information content (AvgIpc) is 2.46. The van der Waals surface area contributed by atoms with Crippen molar-refractivity contribution >= 4 is 17.6 Å². The number of aliphatic hydroxyl groups excluding tert-OH is 1. The van der Waals surface area contributed by atoms with E-state index in [0.29, 0.717) is 12.2 Å². The van der Waals surface area contributed by atoms with Crippen LogP contribution in [0.5, 0.6) is 0 Å². The van der Waals surface area contributed by atoms with Gasteiger partial charge in [-0.1, -0.05) is 17.7 Å². The van der Waals surface area contributed by atoms with Crippen LogP contribution in [-0.2, 0) is 19.1 Å². The van der Waals surface area contributed by atoms with Gasteiger partial charge in [-0.3, -0.25) is 4.79 Å². The zero-order chi connectivity index (χ0) is 17.2. The van der Waals surface area contributed by atoms with Crippen LogP contribution in [0.4, 0.5) is 5.69 Å². The number of morpholine rings is 1. The number of anilines is 1. The highest BCUT2D eigenvalue weighted by molar-refractivity contribution is 6.00. The molecule has 0 saturated carbocycles. The van der Waals surface area contributed by atoms with Crippen molar-refractivity contribution in [2.45, 2.75) is 45.5 Å². The monoisotopic (exact) mass is 321 g/mol. The lowest BCUT2D eigenvalue weighted by Gasteiger charge is -2.34. The van der Waals surface area contributed by atoms with Crippen molar-refractivity contribution in [1.29, 1.82) is 0 Å². The smallest absolute Gasteiger partial charge is 0.338 e. The lowest BCUT2D eigenvalue weighted by molar-refractivity contribution is -0.177. The zero-order valence-corrected chi connectivity index (χ0v) is 13.9. The number of amides is 1. The Morgan fingerprint density at radius 1 is 1.35 bits per heavy atom. The van der Waals surface area contributed by atoms with Crippen molar-refractivity contribution in [3.05, 3.63) is 29.8 Å². The summed E-state index contributed by atoms with van der Waals surface area (Å²) < 4.78 is 10.4. The van der Waals surface area contributed by atoms with E-state index in [2.05, 4.69) is 0 Å². The largest absolute Gasteiger partial charge is 0.458 e. The number of nitrogens with zero attached hydrogens (tertiary/aromatic N) is 1. The van der Waals surface area contributed by atoms with Gasteiger partial charge < -0.3 is 19.5 Å². The Morgan fingerprint density at radius 3 is 2.52 bits per heavy atom. The SMILES string of the molecule is Cc1ccc(N2CCO[C@H]([C@@H](O)C(=O)OC(C)(C)C)C2=O)cc1. The first-order chi connectivity index (χ1) is 10.7. The molecule has 6 nitrogen and oxygen atoms in total. The van der Waals surface area contributed by atoms with Gasteiger partial charge in [0.2, 0.25) is 0 Å². The summed E-state index contributed by atoms with van der Waals surface area (Å²) >= 11 is 0. The number of aryl methyl sites for hydroxylation is 1. The van der Waals surface area contributed by atoms with Crippen molar-refractivity contribution in [3.63, 3.8) is 0 Å². The molecule has 2 rings (SSSR count). The molecule has 0 bridgehead atoms. The van der Waals surface area contributed by atoms with Crippen LogP contribution < -0.4 is 4.90 Å². The van der Waals surface area contributed by atoms with E-state index in [1.807, 2.05) is 31.2 Å². The molecule has 1 aromatic rings. The second-order valence-electron chi connectivity index (χ2n) is 6.60. The van der Waals surface area contributed by atoms with E-state index in [9.17, 15) is 14.7 Å². The Balaban J connectivity index is 2.13. The number of hydrogen-bond acceptors (Lipinski definition) is 5. The summed E-state index contributed by atoms with van der Waals surface area (Å²) in [4.78, 5) is 26.0. The summed E-state index contributed by atoms with van der Waals surface area (Å²) in [5.74, 6) is -1.31. The van der Waals surface area contributed by atoms with Gasteiger partial charge in [-0.15, -0.1) is 0 Å². The van der Waals surface area contributed by atoms with Gasteiger partial charge in [-0.05, 0) is 39.8 Å². The minimum atomic E-state index is -1.64. The van der Waals surface area contributed by atoms with E-state index >= 15 is 0 Å². The standard InChI is InChI=1S/C17H23NO5/c1-11-5-7-12(8-6-11)18-9-10-22-14(15(18)20)13(19)16(21)23-17(2,3)4/h5-8,13-14,19H,9-10H2,1-4H3/t13-,14-/m1/s1. The van der Waals surface area contributed by atoms with Gasteiger partial charge in [0.1, 0.15) is 5.60 Å². The van der Waals surface area contributed by atoms with E-state index < -0.39 is 29.7 Å². The Kier molecular flexibility index (Phi) is 5.06. The molecule has 0 aromatic heterocycles. The third-order valence-corrected chi connectivity index (χ3v) is 3.40. The molecule has 1 N–H and O–H groups in total. The Bertz CT molecular complexity index is 576. The highest BCUT2D eigenvalue weighted by Crippen LogP contribution is 2.22. The molecule has 0 unspecified atom stereocenters. The fourth-order valence-electron chi connectivity index (χ4n) is 2.30. The van der Waals surface area contributed by atoms with Crippen molar-refractivity contribution in [1.82, 2.24) is 0 Å². The summed E-state index contributed by atoms with van der Waals surface area (Å²) in [5, 5.41) is 10.1. The molecule has 1 aliphatic rings. The third-order valence-electron chi connectivity index (χ3n) is 3.40. The van der Waals surface area contributed by atoms with Gasteiger partial charge in [0, 0.05) is 12.2 Å². The highest BCUT2D eigenvalue weighted by Gasteiger charge is 2.41. The second-order valence-corrected chi connectivity index (χ2v) is 6.60. The molecule has 23 heavy (non-hydrogen) atoms. The number of hydrogen-bond donors (Lipinski definition) is 1. The molecule has 1 amide bonds. The predicted molar refractivity (Wildman–Crippen MR) is 85.1 cm³/mol.